The molecule has 1 saturated heterocycles. The van der Waals surface area contributed by atoms with Gasteiger partial charge in [-0.1, -0.05) is 15.9 Å². The van der Waals surface area contributed by atoms with Gasteiger partial charge in [0, 0.05) is 24.0 Å². The van der Waals surface area contributed by atoms with Gasteiger partial charge in [0.25, 0.3) is 5.91 Å². The number of nitrogens with zero attached hydrogens (tertiary/aromatic N) is 1. The standard InChI is InChI=1S/C14H17Br2NO2/c1-19-13-5-4-11(7-12(13)16)14(18)17-6-2-3-10(8-15)9-17/h4-5,7,10H,2-3,6,8-9H2,1H3. The summed E-state index contributed by atoms with van der Waals surface area (Å²) in [6.07, 6.45) is 2.28. The monoisotopic (exact) mass is 389 g/mol. The van der Waals surface area contributed by atoms with Crippen LogP contribution in [0.3, 0.4) is 0 Å². The fraction of sp³-hybridized carbons (Fsp3) is 0.500. The molecule has 1 aromatic carbocycles. The number of hydrogen-bond donors (Lipinski definition) is 0. The summed E-state index contributed by atoms with van der Waals surface area (Å²) in [5, 5.41) is 0.961. The van der Waals surface area contributed by atoms with Gasteiger partial charge in [-0.25, -0.2) is 0 Å². The molecule has 0 aromatic heterocycles. The van der Waals surface area contributed by atoms with Crippen LogP contribution in [0.2, 0.25) is 0 Å². The number of ether oxygens (including phenoxy) is 1. The number of likely N-dealkylation sites (tertiary alicyclic amines) is 1. The third kappa shape index (κ3) is 3.51. The van der Waals surface area contributed by atoms with Crippen molar-refractivity contribution in [3.05, 3.63) is 28.2 Å². The normalized spacial score (nSPS) is 19.3. The molecule has 19 heavy (non-hydrogen) atoms. The lowest BCUT2D eigenvalue weighted by Crippen LogP contribution is -2.40. The van der Waals surface area contributed by atoms with Crippen LogP contribution in [0.5, 0.6) is 5.75 Å². The van der Waals surface area contributed by atoms with Crippen LogP contribution in [-0.2, 0) is 0 Å². The zero-order valence-corrected chi connectivity index (χ0v) is 14.0. The highest BCUT2D eigenvalue weighted by molar-refractivity contribution is 9.10. The van der Waals surface area contributed by atoms with Crippen LogP contribution in [-0.4, -0.2) is 36.3 Å². The van der Waals surface area contributed by atoms with Gasteiger partial charge in [0.05, 0.1) is 11.6 Å². The SMILES string of the molecule is COc1ccc(C(=O)N2CCCC(CBr)C2)cc1Br. The Morgan fingerprint density at radius 3 is 2.95 bits per heavy atom. The largest absolute Gasteiger partial charge is 0.496 e. The number of piperidine rings is 1. The molecule has 0 radical (unpaired) electrons. The number of amides is 1. The molecular formula is C14H17Br2NO2. The van der Waals surface area contributed by atoms with Gasteiger partial charge in [-0.05, 0) is 52.9 Å². The Hall–Kier alpha value is -0.550. The maximum absolute atomic E-state index is 12.5. The minimum Gasteiger partial charge on any atom is -0.496 e. The van der Waals surface area contributed by atoms with Crippen molar-refractivity contribution in [2.75, 3.05) is 25.5 Å². The molecule has 1 aromatic rings. The number of halogens is 2. The maximum Gasteiger partial charge on any atom is 0.253 e. The third-order valence-corrected chi connectivity index (χ3v) is 4.96. The molecule has 2 rings (SSSR count). The molecule has 1 fully saturated rings. The van der Waals surface area contributed by atoms with Gasteiger partial charge in [0.1, 0.15) is 5.75 Å². The first-order valence-electron chi connectivity index (χ1n) is 6.34. The van der Waals surface area contributed by atoms with Crippen molar-refractivity contribution in [2.45, 2.75) is 12.8 Å². The van der Waals surface area contributed by atoms with E-state index in [1.165, 1.54) is 6.42 Å². The summed E-state index contributed by atoms with van der Waals surface area (Å²) < 4.78 is 6.00. The highest BCUT2D eigenvalue weighted by Crippen LogP contribution is 2.27. The molecule has 1 heterocycles. The van der Waals surface area contributed by atoms with Crippen LogP contribution >= 0.6 is 31.9 Å². The van der Waals surface area contributed by atoms with Gasteiger partial charge in [-0.3, -0.25) is 4.79 Å². The Morgan fingerprint density at radius 1 is 1.53 bits per heavy atom. The predicted octanol–water partition coefficient (Wildman–Crippen LogP) is 3.70. The molecule has 1 amide bonds. The van der Waals surface area contributed by atoms with E-state index in [1.54, 1.807) is 7.11 Å². The van der Waals surface area contributed by atoms with Gasteiger partial charge in [0.15, 0.2) is 0 Å². The lowest BCUT2D eigenvalue weighted by Gasteiger charge is -2.32. The number of hydrogen-bond acceptors (Lipinski definition) is 2. The first-order valence-corrected chi connectivity index (χ1v) is 8.26. The van der Waals surface area contributed by atoms with Crippen molar-refractivity contribution in [3.63, 3.8) is 0 Å². The van der Waals surface area contributed by atoms with E-state index in [2.05, 4.69) is 31.9 Å². The Morgan fingerprint density at radius 2 is 2.32 bits per heavy atom. The Balaban J connectivity index is 2.12. The summed E-state index contributed by atoms with van der Waals surface area (Å²) in [4.78, 5) is 14.4. The highest BCUT2D eigenvalue weighted by Gasteiger charge is 2.24. The van der Waals surface area contributed by atoms with E-state index in [0.717, 1.165) is 35.1 Å². The highest BCUT2D eigenvalue weighted by atomic mass is 79.9. The van der Waals surface area contributed by atoms with E-state index in [1.807, 2.05) is 23.1 Å². The predicted molar refractivity (Wildman–Crippen MR) is 83.1 cm³/mol. The molecule has 1 atom stereocenters. The van der Waals surface area contributed by atoms with Crippen LogP contribution in [0.4, 0.5) is 0 Å². The maximum atomic E-state index is 12.5. The molecule has 0 N–H and O–H groups in total. The quantitative estimate of drug-likeness (QED) is 0.736. The van der Waals surface area contributed by atoms with E-state index >= 15 is 0 Å². The van der Waals surface area contributed by atoms with Gasteiger partial charge >= 0.3 is 0 Å². The van der Waals surface area contributed by atoms with Gasteiger partial charge < -0.3 is 9.64 Å². The van der Waals surface area contributed by atoms with E-state index in [0.29, 0.717) is 11.5 Å². The van der Waals surface area contributed by atoms with Crippen LogP contribution in [0.1, 0.15) is 23.2 Å². The Labute approximate surface area is 130 Å². The van der Waals surface area contributed by atoms with Crippen molar-refractivity contribution < 1.29 is 9.53 Å². The number of methoxy groups -OCH3 is 1. The Bertz CT molecular complexity index is 465. The first-order chi connectivity index (χ1) is 9.15. The molecule has 5 heteroatoms. The summed E-state index contributed by atoms with van der Waals surface area (Å²) in [5.74, 6) is 1.42. The minimum atomic E-state index is 0.106. The van der Waals surface area contributed by atoms with Crippen molar-refractivity contribution in [2.24, 2.45) is 5.92 Å². The molecule has 0 saturated carbocycles. The van der Waals surface area contributed by atoms with Crippen LogP contribution in [0, 0.1) is 5.92 Å². The second kappa shape index (κ2) is 6.75. The number of alkyl halides is 1. The lowest BCUT2D eigenvalue weighted by molar-refractivity contribution is 0.0686. The Kier molecular flexibility index (Phi) is 5.28. The molecular weight excluding hydrogens is 374 g/mol. The minimum absolute atomic E-state index is 0.106. The van der Waals surface area contributed by atoms with E-state index in [-0.39, 0.29) is 5.91 Å². The van der Waals surface area contributed by atoms with Gasteiger partial charge in [-0.2, -0.15) is 0 Å². The average molecular weight is 391 g/mol. The van der Waals surface area contributed by atoms with Crippen LogP contribution < -0.4 is 4.74 Å². The van der Waals surface area contributed by atoms with Crippen LogP contribution in [0.25, 0.3) is 0 Å². The fourth-order valence-corrected chi connectivity index (χ4v) is 3.43. The third-order valence-electron chi connectivity index (χ3n) is 3.42. The topological polar surface area (TPSA) is 29.5 Å². The summed E-state index contributed by atoms with van der Waals surface area (Å²) in [7, 11) is 1.62. The fourth-order valence-electron chi connectivity index (χ4n) is 2.36. The molecule has 0 bridgehead atoms. The van der Waals surface area contributed by atoms with Gasteiger partial charge in [0.2, 0.25) is 0 Å². The molecule has 1 unspecified atom stereocenters. The molecule has 0 spiro atoms. The summed E-state index contributed by atoms with van der Waals surface area (Å²) in [6, 6.07) is 5.48. The van der Waals surface area contributed by atoms with Crippen molar-refractivity contribution in [1.29, 1.82) is 0 Å². The smallest absolute Gasteiger partial charge is 0.253 e. The number of carbonyl (C=O) groups excluding carboxylic acids is 1. The second-order valence-corrected chi connectivity index (χ2v) is 6.26. The molecule has 0 aliphatic carbocycles. The van der Waals surface area contributed by atoms with E-state index in [4.69, 9.17) is 4.74 Å². The van der Waals surface area contributed by atoms with Gasteiger partial charge in [-0.15, -0.1) is 0 Å². The summed E-state index contributed by atoms with van der Waals surface area (Å²) >= 11 is 6.93. The second-order valence-electron chi connectivity index (χ2n) is 4.76. The molecule has 3 nitrogen and oxygen atoms in total. The number of carbonyl (C=O) groups is 1. The molecule has 104 valence electrons. The number of benzene rings is 1. The van der Waals surface area contributed by atoms with Crippen LogP contribution in [0.15, 0.2) is 22.7 Å². The lowest BCUT2D eigenvalue weighted by atomic mass is 9.99. The molecule has 1 aliphatic heterocycles. The zero-order valence-electron chi connectivity index (χ0n) is 10.9. The summed E-state index contributed by atoms with van der Waals surface area (Å²) in [5.41, 5.74) is 0.711. The summed E-state index contributed by atoms with van der Waals surface area (Å²) in [6.45, 7) is 1.69. The average Bonchev–Trinajstić information content (AvgIpc) is 2.46. The zero-order chi connectivity index (χ0) is 13.8. The van der Waals surface area contributed by atoms with Crippen molar-refractivity contribution in [1.82, 2.24) is 4.90 Å². The van der Waals surface area contributed by atoms with Crippen molar-refractivity contribution in [3.8, 4) is 5.75 Å². The van der Waals surface area contributed by atoms with E-state index < -0.39 is 0 Å². The first kappa shape index (κ1) is 14.9. The number of rotatable bonds is 3. The molecule has 1 aliphatic rings. The van der Waals surface area contributed by atoms with E-state index in [9.17, 15) is 4.79 Å². The van der Waals surface area contributed by atoms with Crippen molar-refractivity contribution >= 4 is 37.8 Å².